The van der Waals surface area contributed by atoms with Crippen LogP contribution in [-0.2, 0) is 19.3 Å². The minimum atomic E-state index is -4.56. The Morgan fingerprint density at radius 1 is 1.14 bits per heavy atom. The Bertz CT molecular complexity index is 718. The highest BCUT2D eigenvalue weighted by Crippen LogP contribution is 2.35. The van der Waals surface area contributed by atoms with E-state index in [0.717, 1.165) is 0 Å². The summed E-state index contributed by atoms with van der Waals surface area (Å²) < 4.78 is 39.3. The summed E-state index contributed by atoms with van der Waals surface area (Å²) in [6, 6.07) is 1.38. The molecule has 0 unspecified atom stereocenters. The lowest BCUT2D eigenvalue weighted by Crippen LogP contribution is -2.15. The molecule has 0 bridgehead atoms. The number of nitrogens with zero attached hydrogens (tertiary/aromatic N) is 3. The Balaban J connectivity index is 2.20. The fourth-order valence-electron chi connectivity index (χ4n) is 2.09. The quantitative estimate of drug-likeness (QED) is 0.867. The third kappa shape index (κ3) is 2.68. The van der Waals surface area contributed by atoms with Crippen molar-refractivity contribution in [1.82, 2.24) is 20.3 Å². The second-order valence-electron chi connectivity index (χ2n) is 4.41. The van der Waals surface area contributed by atoms with Gasteiger partial charge < -0.3 is 5.32 Å². The third-order valence-corrected chi connectivity index (χ3v) is 3.47. The Hall–Kier alpha value is -1.44. The minimum Gasteiger partial charge on any atom is -0.307 e. The molecular formula is C12H7Cl2F3N4. The van der Waals surface area contributed by atoms with E-state index >= 15 is 0 Å². The van der Waals surface area contributed by atoms with E-state index in [2.05, 4.69) is 20.3 Å². The van der Waals surface area contributed by atoms with Gasteiger partial charge in [0, 0.05) is 24.8 Å². The first-order valence-corrected chi connectivity index (χ1v) is 6.61. The van der Waals surface area contributed by atoms with Crippen molar-refractivity contribution in [3.05, 3.63) is 39.3 Å². The molecule has 9 heteroatoms. The van der Waals surface area contributed by atoms with Gasteiger partial charge in [0.15, 0.2) is 11.5 Å². The van der Waals surface area contributed by atoms with Crippen LogP contribution >= 0.6 is 23.2 Å². The van der Waals surface area contributed by atoms with Gasteiger partial charge in [0.1, 0.15) is 5.69 Å². The molecule has 0 saturated carbocycles. The first kappa shape index (κ1) is 14.5. The number of alkyl halides is 3. The van der Waals surface area contributed by atoms with Gasteiger partial charge in [-0.05, 0) is 6.07 Å². The molecule has 0 fully saturated rings. The second-order valence-corrected chi connectivity index (χ2v) is 5.25. The zero-order chi connectivity index (χ0) is 15.2. The summed E-state index contributed by atoms with van der Waals surface area (Å²) in [5, 5.41) is 3.20. The molecule has 2 aromatic heterocycles. The number of aromatic nitrogens is 3. The maximum atomic E-state index is 13.1. The minimum absolute atomic E-state index is 0.0661. The average Bonchev–Trinajstić information content (AvgIpc) is 2.84. The smallest absolute Gasteiger partial charge is 0.307 e. The molecule has 0 radical (unpaired) electrons. The number of hydrogen-bond donors (Lipinski definition) is 1. The molecule has 2 aromatic rings. The van der Waals surface area contributed by atoms with Gasteiger partial charge in [-0.2, -0.15) is 13.2 Å². The van der Waals surface area contributed by atoms with E-state index in [0.29, 0.717) is 5.69 Å². The van der Waals surface area contributed by atoms with E-state index in [4.69, 9.17) is 23.2 Å². The summed E-state index contributed by atoms with van der Waals surface area (Å²) in [5.74, 6) is -0.161. The van der Waals surface area contributed by atoms with Crippen molar-refractivity contribution in [2.24, 2.45) is 0 Å². The van der Waals surface area contributed by atoms with E-state index in [1.54, 1.807) is 0 Å². The van der Waals surface area contributed by atoms with Crippen LogP contribution in [0.1, 0.15) is 17.0 Å². The number of fused-ring (bicyclic) bond motifs is 1. The van der Waals surface area contributed by atoms with Crippen molar-refractivity contribution in [1.29, 1.82) is 0 Å². The SMILES string of the molecule is FC(F)(F)c1nc(-c2ncc(Cl)cc2Cl)nc2c1CNC2. The molecule has 0 aliphatic carbocycles. The number of pyridine rings is 1. The highest BCUT2D eigenvalue weighted by molar-refractivity contribution is 6.35. The molecule has 1 aliphatic rings. The molecule has 110 valence electrons. The fourth-order valence-corrected chi connectivity index (χ4v) is 2.55. The van der Waals surface area contributed by atoms with Crippen LogP contribution in [0.2, 0.25) is 10.0 Å². The van der Waals surface area contributed by atoms with Crippen LogP contribution in [0.4, 0.5) is 13.2 Å². The lowest BCUT2D eigenvalue weighted by Gasteiger charge is -2.12. The zero-order valence-corrected chi connectivity index (χ0v) is 11.8. The largest absolute Gasteiger partial charge is 0.433 e. The Morgan fingerprint density at radius 3 is 2.57 bits per heavy atom. The van der Waals surface area contributed by atoms with Crippen LogP contribution < -0.4 is 5.32 Å². The Kier molecular flexibility index (Phi) is 3.51. The normalized spacial score (nSPS) is 14.3. The van der Waals surface area contributed by atoms with Gasteiger partial charge in [-0.25, -0.2) is 15.0 Å². The van der Waals surface area contributed by atoms with Crippen LogP contribution in [0.5, 0.6) is 0 Å². The number of rotatable bonds is 1. The maximum absolute atomic E-state index is 13.1. The van der Waals surface area contributed by atoms with Crippen molar-refractivity contribution >= 4 is 23.2 Å². The van der Waals surface area contributed by atoms with E-state index in [1.807, 2.05) is 0 Å². The van der Waals surface area contributed by atoms with Crippen LogP contribution in [-0.4, -0.2) is 15.0 Å². The van der Waals surface area contributed by atoms with Gasteiger partial charge in [0.25, 0.3) is 0 Å². The summed E-state index contributed by atoms with van der Waals surface area (Å²) in [7, 11) is 0. The highest BCUT2D eigenvalue weighted by Gasteiger charge is 2.38. The van der Waals surface area contributed by atoms with Crippen LogP contribution in [0.15, 0.2) is 12.3 Å². The van der Waals surface area contributed by atoms with E-state index < -0.39 is 11.9 Å². The monoisotopic (exact) mass is 334 g/mol. The average molecular weight is 335 g/mol. The van der Waals surface area contributed by atoms with Gasteiger partial charge in [0.2, 0.25) is 0 Å². The molecule has 21 heavy (non-hydrogen) atoms. The van der Waals surface area contributed by atoms with Crippen molar-refractivity contribution in [2.75, 3.05) is 0 Å². The molecule has 3 rings (SSSR count). The van der Waals surface area contributed by atoms with Crippen LogP contribution in [0.25, 0.3) is 11.5 Å². The predicted molar refractivity (Wildman–Crippen MR) is 70.8 cm³/mol. The Labute approximate surface area is 127 Å². The van der Waals surface area contributed by atoms with E-state index in [9.17, 15) is 13.2 Å². The van der Waals surface area contributed by atoms with Crippen LogP contribution in [0.3, 0.4) is 0 Å². The van der Waals surface area contributed by atoms with Gasteiger partial charge in [-0.1, -0.05) is 23.2 Å². The molecular weight excluding hydrogens is 328 g/mol. The molecule has 4 nitrogen and oxygen atoms in total. The van der Waals surface area contributed by atoms with Gasteiger partial charge >= 0.3 is 6.18 Å². The molecule has 3 heterocycles. The molecule has 1 N–H and O–H groups in total. The molecule has 0 spiro atoms. The summed E-state index contributed by atoms with van der Waals surface area (Å²) in [5.41, 5.74) is -0.516. The van der Waals surface area contributed by atoms with Gasteiger partial charge in [0.05, 0.1) is 15.7 Å². The number of halogens is 5. The summed E-state index contributed by atoms with van der Waals surface area (Å²) in [6.07, 6.45) is -3.28. The van der Waals surface area contributed by atoms with Crippen LogP contribution in [0, 0.1) is 0 Å². The predicted octanol–water partition coefficient (Wildman–Crippen LogP) is 3.47. The second kappa shape index (κ2) is 5.08. The van der Waals surface area contributed by atoms with Gasteiger partial charge in [-0.3, -0.25) is 0 Å². The lowest BCUT2D eigenvalue weighted by atomic mass is 10.1. The maximum Gasteiger partial charge on any atom is 0.433 e. The van der Waals surface area contributed by atoms with Crippen molar-refractivity contribution in [3.63, 3.8) is 0 Å². The summed E-state index contributed by atoms with van der Waals surface area (Å²) in [4.78, 5) is 11.7. The highest BCUT2D eigenvalue weighted by atomic mass is 35.5. The lowest BCUT2D eigenvalue weighted by molar-refractivity contribution is -0.141. The summed E-state index contributed by atoms with van der Waals surface area (Å²) in [6.45, 7) is 0.339. The van der Waals surface area contributed by atoms with Gasteiger partial charge in [-0.15, -0.1) is 0 Å². The molecule has 1 aliphatic heterocycles. The fraction of sp³-hybridized carbons (Fsp3) is 0.250. The Morgan fingerprint density at radius 2 is 1.90 bits per heavy atom. The standard InChI is InChI=1S/C12H7Cl2F3N4/c13-5-1-7(14)9(19-2-5)11-20-8-4-18-3-6(8)10(21-11)12(15,16)17/h1-2,18H,3-4H2. The van der Waals surface area contributed by atoms with Crippen molar-refractivity contribution in [2.45, 2.75) is 19.3 Å². The molecule has 0 saturated heterocycles. The molecule has 0 atom stereocenters. The zero-order valence-electron chi connectivity index (χ0n) is 10.3. The molecule has 0 aromatic carbocycles. The number of nitrogens with one attached hydrogen (secondary N) is 1. The number of hydrogen-bond acceptors (Lipinski definition) is 4. The van der Waals surface area contributed by atoms with Crippen molar-refractivity contribution in [3.8, 4) is 11.5 Å². The first-order chi connectivity index (χ1) is 9.86. The third-order valence-electron chi connectivity index (χ3n) is 2.98. The first-order valence-electron chi connectivity index (χ1n) is 5.85. The van der Waals surface area contributed by atoms with Crippen molar-refractivity contribution < 1.29 is 13.2 Å². The van der Waals surface area contributed by atoms with E-state index in [1.165, 1.54) is 12.3 Å². The topological polar surface area (TPSA) is 50.7 Å². The summed E-state index contributed by atoms with van der Waals surface area (Å²) >= 11 is 11.7. The van der Waals surface area contributed by atoms with E-state index in [-0.39, 0.29) is 40.2 Å². The molecule has 0 amide bonds.